The Morgan fingerprint density at radius 2 is 2.10 bits per heavy atom. The Balaban J connectivity index is 1.80. The first kappa shape index (κ1) is 15.2. The van der Waals surface area contributed by atoms with E-state index in [4.69, 9.17) is 16.3 Å². The number of rotatable bonds is 5. The number of hydrogen-bond donors (Lipinski definition) is 0. The number of ether oxygens (including phenoxy) is 1. The van der Waals surface area contributed by atoms with E-state index in [-0.39, 0.29) is 11.3 Å². The highest BCUT2D eigenvalue weighted by Crippen LogP contribution is 2.38. The number of nitrogens with zero attached hydrogens (tertiary/aromatic N) is 1. The fourth-order valence-electron chi connectivity index (χ4n) is 2.79. The topological polar surface area (TPSA) is 29.5 Å². The van der Waals surface area contributed by atoms with Gasteiger partial charge < -0.3 is 9.64 Å². The molecule has 0 atom stereocenters. The summed E-state index contributed by atoms with van der Waals surface area (Å²) in [6.07, 6.45) is 4.33. The second kappa shape index (κ2) is 6.49. The lowest BCUT2D eigenvalue weighted by Gasteiger charge is -2.28. The Morgan fingerprint density at radius 1 is 1.40 bits per heavy atom. The minimum Gasteiger partial charge on any atom is -0.492 e. The summed E-state index contributed by atoms with van der Waals surface area (Å²) in [6.45, 7) is 3.16. The van der Waals surface area contributed by atoms with Gasteiger partial charge in [-0.05, 0) is 31.0 Å². The van der Waals surface area contributed by atoms with Crippen LogP contribution < -0.4 is 4.74 Å². The van der Waals surface area contributed by atoms with Crippen LogP contribution in [0, 0.1) is 5.41 Å². The van der Waals surface area contributed by atoms with Gasteiger partial charge in [-0.3, -0.25) is 4.79 Å². The first-order valence-electron chi connectivity index (χ1n) is 7.15. The van der Waals surface area contributed by atoms with Crippen LogP contribution in [0.25, 0.3) is 0 Å². The molecule has 0 bridgehead atoms. The second-order valence-electron chi connectivity index (χ2n) is 5.80. The van der Waals surface area contributed by atoms with Crippen molar-refractivity contribution in [2.24, 2.45) is 5.41 Å². The molecule has 0 unspecified atom stereocenters. The van der Waals surface area contributed by atoms with Crippen molar-refractivity contribution in [2.75, 3.05) is 20.2 Å². The smallest absolute Gasteiger partial charge is 0.228 e. The fraction of sp³-hybridized carbons (Fsp3) is 0.562. The van der Waals surface area contributed by atoms with Crippen LogP contribution in [0.15, 0.2) is 24.3 Å². The lowest BCUT2D eigenvalue weighted by molar-refractivity contribution is -0.139. The van der Waals surface area contributed by atoms with Crippen molar-refractivity contribution < 1.29 is 9.53 Å². The molecule has 0 N–H and O–H groups in total. The number of amides is 1. The number of likely N-dealkylation sites (N-methyl/N-ethyl adjacent to an activating group) is 1. The van der Waals surface area contributed by atoms with Gasteiger partial charge in [0.15, 0.2) is 0 Å². The minimum absolute atomic E-state index is 0.162. The highest BCUT2D eigenvalue weighted by molar-refractivity contribution is 6.30. The summed E-state index contributed by atoms with van der Waals surface area (Å²) >= 11 is 5.90. The Kier molecular flexibility index (Phi) is 4.92. The molecular weight excluding hydrogens is 274 g/mol. The predicted molar refractivity (Wildman–Crippen MR) is 81.2 cm³/mol. The van der Waals surface area contributed by atoms with Gasteiger partial charge in [0.05, 0.1) is 6.54 Å². The molecule has 20 heavy (non-hydrogen) atoms. The van der Waals surface area contributed by atoms with Crippen molar-refractivity contribution in [3.63, 3.8) is 0 Å². The molecular formula is C16H22ClNO2. The van der Waals surface area contributed by atoms with Crippen molar-refractivity contribution in [3.05, 3.63) is 29.3 Å². The van der Waals surface area contributed by atoms with Crippen LogP contribution in [0.1, 0.15) is 32.6 Å². The first-order valence-corrected chi connectivity index (χ1v) is 7.53. The zero-order chi connectivity index (χ0) is 14.6. The van der Waals surface area contributed by atoms with Gasteiger partial charge in [-0.25, -0.2) is 0 Å². The largest absolute Gasteiger partial charge is 0.492 e. The molecule has 1 amide bonds. The zero-order valence-electron chi connectivity index (χ0n) is 12.2. The summed E-state index contributed by atoms with van der Waals surface area (Å²) < 4.78 is 5.62. The van der Waals surface area contributed by atoms with Crippen LogP contribution >= 0.6 is 11.6 Å². The third-order valence-corrected chi connectivity index (χ3v) is 4.30. The molecule has 3 nitrogen and oxygen atoms in total. The van der Waals surface area contributed by atoms with Crippen molar-refractivity contribution in [2.45, 2.75) is 32.6 Å². The van der Waals surface area contributed by atoms with E-state index in [1.807, 2.05) is 25.2 Å². The molecule has 1 aliphatic carbocycles. The van der Waals surface area contributed by atoms with Crippen LogP contribution in [0.3, 0.4) is 0 Å². The molecule has 1 fully saturated rings. The highest BCUT2D eigenvalue weighted by Gasteiger charge is 2.37. The molecule has 1 saturated carbocycles. The number of hydrogen-bond acceptors (Lipinski definition) is 2. The van der Waals surface area contributed by atoms with Gasteiger partial charge in [-0.15, -0.1) is 0 Å². The van der Waals surface area contributed by atoms with Gasteiger partial charge in [0.1, 0.15) is 12.4 Å². The Hall–Kier alpha value is -1.22. The molecule has 0 radical (unpaired) electrons. The molecule has 0 aromatic heterocycles. The van der Waals surface area contributed by atoms with Crippen LogP contribution in [-0.2, 0) is 4.79 Å². The molecule has 1 aromatic carbocycles. The van der Waals surface area contributed by atoms with E-state index < -0.39 is 0 Å². The fourth-order valence-corrected chi connectivity index (χ4v) is 2.97. The van der Waals surface area contributed by atoms with E-state index in [0.29, 0.717) is 18.2 Å². The van der Waals surface area contributed by atoms with E-state index in [0.717, 1.165) is 31.4 Å². The average Bonchev–Trinajstić information content (AvgIpc) is 2.86. The minimum atomic E-state index is -0.162. The van der Waals surface area contributed by atoms with Crippen molar-refractivity contribution in [1.82, 2.24) is 4.90 Å². The summed E-state index contributed by atoms with van der Waals surface area (Å²) in [5.74, 6) is 0.982. The third-order valence-electron chi connectivity index (χ3n) is 4.06. The molecule has 1 aliphatic rings. The number of halogens is 1. The van der Waals surface area contributed by atoms with Crippen molar-refractivity contribution in [1.29, 1.82) is 0 Å². The quantitative estimate of drug-likeness (QED) is 0.828. The maximum Gasteiger partial charge on any atom is 0.228 e. The summed E-state index contributed by atoms with van der Waals surface area (Å²) in [6, 6.07) is 7.31. The maximum atomic E-state index is 12.4. The van der Waals surface area contributed by atoms with Gasteiger partial charge in [0.2, 0.25) is 5.91 Å². The molecule has 0 aliphatic heterocycles. The predicted octanol–water partition coefficient (Wildman–Crippen LogP) is 3.76. The van der Waals surface area contributed by atoms with Gasteiger partial charge in [-0.2, -0.15) is 0 Å². The lowest BCUT2D eigenvalue weighted by atomic mass is 9.87. The van der Waals surface area contributed by atoms with Crippen LogP contribution in [0.5, 0.6) is 5.75 Å². The van der Waals surface area contributed by atoms with Crippen LogP contribution in [0.2, 0.25) is 5.02 Å². The average molecular weight is 296 g/mol. The van der Waals surface area contributed by atoms with Gasteiger partial charge >= 0.3 is 0 Å². The summed E-state index contributed by atoms with van der Waals surface area (Å²) in [4.78, 5) is 14.2. The van der Waals surface area contributed by atoms with Gasteiger partial charge in [0.25, 0.3) is 0 Å². The lowest BCUT2D eigenvalue weighted by Crippen LogP contribution is -2.40. The first-order chi connectivity index (χ1) is 9.51. The van der Waals surface area contributed by atoms with E-state index in [9.17, 15) is 4.79 Å². The SMILES string of the molecule is CN(CCOc1cccc(Cl)c1)C(=O)C1(C)CCCC1. The second-order valence-corrected chi connectivity index (χ2v) is 6.24. The molecule has 2 rings (SSSR count). The van der Waals surface area contributed by atoms with E-state index >= 15 is 0 Å². The molecule has 4 heteroatoms. The number of carbonyl (C=O) groups is 1. The molecule has 0 heterocycles. The van der Waals surface area contributed by atoms with Gasteiger partial charge in [0, 0.05) is 17.5 Å². The highest BCUT2D eigenvalue weighted by atomic mass is 35.5. The zero-order valence-corrected chi connectivity index (χ0v) is 12.9. The summed E-state index contributed by atoms with van der Waals surface area (Å²) in [7, 11) is 1.85. The Labute approximate surface area is 125 Å². The standard InChI is InChI=1S/C16H22ClNO2/c1-16(8-3-4-9-16)15(19)18(2)10-11-20-14-7-5-6-13(17)12-14/h5-7,12H,3-4,8-11H2,1-2H3. The monoisotopic (exact) mass is 295 g/mol. The number of carbonyl (C=O) groups excluding carboxylic acids is 1. The maximum absolute atomic E-state index is 12.4. The van der Waals surface area contributed by atoms with Crippen molar-refractivity contribution >= 4 is 17.5 Å². The van der Waals surface area contributed by atoms with E-state index in [1.165, 1.54) is 0 Å². The van der Waals surface area contributed by atoms with E-state index in [1.54, 1.807) is 11.0 Å². The Bertz CT molecular complexity index is 469. The van der Waals surface area contributed by atoms with Crippen molar-refractivity contribution in [3.8, 4) is 5.75 Å². The van der Waals surface area contributed by atoms with Crippen LogP contribution in [-0.4, -0.2) is 31.0 Å². The summed E-state index contributed by atoms with van der Waals surface area (Å²) in [5, 5.41) is 0.658. The molecule has 0 saturated heterocycles. The van der Waals surface area contributed by atoms with Gasteiger partial charge in [-0.1, -0.05) is 37.4 Å². The molecule has 0 spiro atoms. The normalized spacial score (nSPS) is 16.9. The number of benzene rings is 1. The third kappa shape index (κ3) is 3.66. The van der Waals surface area contributed by atoms with Crippen LogP contribution in [0.4, 0.5) is 0 Å². The summed E-state index contributed by atoms with van der Waals surface area (Å²) in [5.41, 5.74) is -0.162. The molecule has 110 valence electrons. The molecule has 1 aromatic rings. The van der Waals surface area contributed by atoms with E-state index in [2.05, 4.69) is 6.92 Å². The Morgan fingerprint density at radius 3 is 2.75 bits per heavy atom.